The molecule has 16 heavy (non-hydrogen) atoms. The molecule has 0 aromatic carbocycles. The van der Waals surface area contributed by atoms with Gasteiger partial charge in [0.1, 0.15) is 5.67 Å². The van der Waals surface area contributed by atoms with Gasteiger partial charge < -0.3 is 0 Å². The lowest BCUT2D eigenvalue weighted by atomic mass is 9.97. The average Bonchev–Trinajstić information content (AvgIpc) is 2.96. The average molecular weight is 230 g/mol. The Labute approximate surface area is 91.9 Å². The van der Waals surface area contributed by atoms with Crippen LogP contribution in [0.1, 0.15) is 49.9 Å². The molecule has 5 heteroatoms. The van der Waals surface area contributed by atoms with Crippen molar-refractivity contribution < 1.29 is 13.2 Å². The van der Waals surface area contributed by atoms with Gasteiger partial charge >= 0.3 is 0 Å². The maximum Gasteiger partial charge on any atom is 0.297 e. The van der Waals surface area contributed by atoms with E-state index in [1.54, 1.807) is 0 Å². The van der Waals surface area contributed by atoms with Gasteiger partial charge in [-0.1, -0.05) is 6.92 Å². The fourth-order valence-corrected chi connectivity index (χ4v) is 1.72. The fraction of sp³-hybridized carbons (Fsp3) is 0.636. The number of hydrogen-bond acceptors (Lipinski definition) is 2. The van der Waals surface area contributed by atoms with Crippen molar-refractivity contribution >= 4 is 0 Å². The van der Waals surface area contributed by atoms with Crippen molar-refractivity contribution in [3.05, 3.63) is 23.8 Å². The molecule has 0 spiro atoms. The molecule has 0 radical (unpaired) electrons. The second kappa shape index (κ2) is 4.03. The van der Waals surface area contributed by atoms with E-state index in [1.165, 1.54) is 12.4 Å². The number of rotatable bonds is 4. The van der Waals surface area contributed by atoms with Gasteiger partial charge in [-0.15, -0.1) is 0 Å². The summed E-state index contributed by atoms with van der Waals surface area (Å²) in [5, 5.41) is 0. The molecule has 88 valence electrons. The van der Waals surface area contributed by atoms with Gasteiger partial charge in [-0.3, -0.25) is 0 Å². The van der Waals surface area contributed by atoms with Gasteiger partial charge in [0.25, 0.3) is 6.43 Å². The Kier molecular flexibility index (Phi) is 2.86. The predicted octanol–water partition coefficient (Wildman–Crippen LogP) is 3.41. The van der Waals surface area contributed by atoms with Crippen LogP contribution in [-0.2, 0) is 0 Å². The van der Waals surface area contributed by atoms with E-state index >= 15 is 0 Å². The lowest BCUT2D eigenvalue weighted by Gasteiger charge is -2.13. The first kappa shape index (κ1) is 11.4. The standard InChI is InChI=1S/C11H13F3N2/c1-7(4-11(14)2-3-11)8-5-15-10(9(12)13)16-6-8/h5-7,9H,2-4H2,1H3. The number of alkyl halides is 3. The normalized spacial score (nSPS) is 19.8. The van der Waals surface area contributed by atoms with Crippen molar-refractivity contribution in [3.63, 3.8) is 0 Å². The third-order valence-electron chi connectivity index (χ3n) is 2.92. The van der Waals surface area contributed by atoms with Gasteiger partial charge in [-0.05, 0) is 30.7 Å². The molecule has 0 N–H and O–H groups in total. The fourth-order valence-electron chi connectivity index (χ4n) is 1.72. The highest BCUT2D eigenvalue weighted by atomic mass is 19.3. The third kappa shape index (κ3) is 2.51. The summed E-state index contributed by atoms with van der Waals surface area (Å²) in [5.41, 5.74) is -0.325. The summed E-state index contributed by atoms with van der Waals surface area (Å²) in [4.78, 5) is 7.13. The van der Waals surface area contributed by atoms with Gasteiger partial charge in [0.05, 0.1) is 0 Å². The number of aromatic nitrogens is 2. The minimum Gasteiger partial charge on any atom is -0.244 e. The SMILES string of the molecule is CC(CC1(F)CC1)c1cnc(C(F)F)nc1. The molecular weight excluding hydrogens is 217 g/mol. The highest BCUT2D eigenvalue weighted by Crippen LogP contribution is 2.46. The molecule has 2 rings (SSSR count). The lowest BCUT2D eigenvalue weighted by molar-refractivity contribution is 0.140. The van der Waals surface area contributed by atoms with Crippen LogP contribution in [0.25, 0.3) is 0 Å². The first-order valence-electron chi connectivity index (χ1n) is 5.29. The Bertz CT molecular complexity index is 360. The van der Waals surface area contributed by atoms with Crippen LogP contribution < -0.4 is 0 Å². The quantitative estimate of drug-likeness (QED) is 0.792. The van der Waals surface area contributed by atoms with E-state index < -0.39 is 17.9 Å². The van der Waals surface area contributed by atoms with Crippen LogP contribution in [0.4, 0.5) is 13.2 Å². The van der Waals surface area contributed by atoms with Crippen molar-refractivity contribution in [1.82, 2.24) is 9.97 Å². The largest absolute Gasteiger partial charge is 0.297 e. The van der Waals surface area contributed by atoms with Gasteiger partial charge in [-0.2, -0.15) is 0 Å². The maximum absolute atomic E-state index is 13.5. The number of halogens is 3. The van der Waals surface area contributed by atoms with Gasteiger partial charge in [0.15, 0.2) is 5.82 Å². The van der Waals surface area contributed by atoms with Crippen molar-refractivity contribution in [2.75, 3.05) is 0 Å². The molecule has 0 amide bonds. The van der Waals surface area contributed by atoms with Crippen LogP contribution in [0.5, 0.6) is 0 Å². The summed E-state index contributed by atoms with van der Waals surface area (Å²) in [5.74, 6) is -0.503. The molecule has 0 saturated heterocycles. The van der Waals surface area contributed by atoms with Crippen LogP contribution in [0.2, 0.25) is 0 Å². The van der Waals surface area contributed by atoms with E-state index in [-0.39, 0.29) is 5.92 Å². The van der Waals surface area contributed by atoms with Crippen LogP contribution in [0, 0.1) is 0 Å². The van der Waals surface area contributed by atoms with E-state index in [4.69, 9.17) is 0 Å². The molecule has 1 heterocycles. The molecule has 1 aromatic heterocycles. The molecule has 1 saturated carbocycles. The summed E-state index contributed by atoms with van der Waals surface area (Å²) < 4.78 is 37.9. The van der Waals surface area contributed by atoms with Gasteiger partial charge in [0, 0.05) is 12.4 Å². The Morgan fingerprint density at radius 3 is 2.31 bits per heavy atom. The first-order chi connectivity index (χ1) is 7.50. The van der Waals surface area contributed by atoms with E-state index in [9.17, 15) is 13.2 Å². The molecular formula is C11H13F3N2. The minimum absolute atomic E-state index is 0.0285. The Morgan fingerprint density at radius 1 is 1.31 bits per heavy atom. The summed E-state index contributed by atoms with van der Waals surface area (Å²) >= 11 is 0. The smallest absolute Gasteiger partial charge is 0.244 e. The van der Waals surface area contributed by atoms with E-state index in [1.807, 2.05) is 6.92 Å². The lowest BCUT2D eigenvalue weighted by Crippen LogP contribution is -2.07. The molecule has 1 aliphatic rings. The Hall–Kier alpha value is -1.13. The van der Waals surface area contributed by atoms with Crippen molar-refractivity contribution in [2.24, 2.45) is 0 Å². The molecule has 1 atom stereocenters. The molecule has 2 nitrogen and oxygen atoms in total. The van der Waals surface area contributed by atoms with Crippen molar-refractivity contribution in [1.29, 1.82) is 0 Å². The van der Waals surface area contributed by atoms with E-state index in [0.717, 1.165) is 0 Å². The molecule has 1 fully saturated rings. The van der Waals surface area contributed by atoms with Crippen molar-refractivity contribution in [3.8, 4) is 0 Å². The molecule has 1 aromatic rings. The summed E-state index contributed by atoms with van der Waals surface area (Å²) in [6.45, 7) is 1.86. The van der Waals surface area contributed by atoms with Gasteiger partial charge in [0.2, 0.25) is 0 Å². The van der Waals surface area contributed by atoms with E-state index in [2.05, 4.69) is 9.97 Å². The van der Waals surface area contributed by atoms with E-state index in [0.29, 0.717) is 24.8 Å². The van der Waals surface area contributed by atoms with Crippen molar-refractivity contribution in [2.45, 2.75) is 44.2 Å². The Morgan fingerprint density at radius 2 is 1.88 bits per heavy atom. The molecule has 0 aliphatic heterocycles. The number of nitrogens with zero attached hydrogens (tertiary/aromatic N) is 2. The van der Waals surface area contributed by atoms with Gasteiger partial charge in [-0.25, -0.2) is 23.1 Å². The zero-order chi connectivity index (χ0) is 11.8. The van der Waals surface area contributed by atoms with Crippen LogP contribution in [0.3, 0.4) is 0 Å². The predicted molar refractivity (Wildman–Crippen MR) is 53.1 cm³/mol. The summed E-state index contributed by atoms with van der Waals surface area (Å²) in [6, 6.07) is 0. The molecule has 1 unspecified atom stereocenters. The minimum atomic E-state index is -2.65. The molecule has 1 aliphatic carbocycles. The van der Waals surface area contributed by atoms with Crippen LogP contribution in [0.15, 0.2) is 12.4 Å². The second-order valence-electron chi connectivity index (χ2n) is 4.43. The third-order valence-corrected chi connectivity index (χ3v) is 2.92. The highest BCUT2D eigenvalue weighted by Gasteiger charge is 2.44. The summed E-state index contributed by atoms with van der Waals surface area (Å²) in [6.07, 6.45) is 1.71. The first-order valence-corrected chi connectivity index (χ1v) is 5.29. The van der Waals surface area contributed by atoms with Crippen LogP contribution >= 0.6 is 0 Å². The van der Waals surface area contributed by atoms with Crippen LogP contribution in [-0.4, -0.2) is 15.6 Å². The molecule has 0 bridgehead atoms. The number of hydrogen-bond donors (Lipinski definition) is 0. The topological polar surface area (TPSA) is 25.8 Å². The monoisotopic (exact) mass is 230 g/mol. The summed E-state index contributed by atoms with van der Waals surface area (Å²) in [7, 11) is 0. The maximum atomic E-state index is 13.5. The zero-order valence-electron chi connectivity index (χ0n) is 8.96. The second-order valence-corrected chi connectivity index (χ2v) is 4.43. The highest BCUT2D eigenvalue weighted by molar-refractivity contribution is 5.13. The Balaban J connectivity index is 2.03. The zero-order valence-corrected chi connectivity index (χ0v) is 8.96.